The summed E-state index contributed by atoms with van der Waals surface area (Å²) in [7, 11) is 1.62. The molecule has 0 bridgehead atoms. The number of hydrogen-bond donors (Lipinski definition) is 1. The Labute approximate surface area is 106 Å². The van der Waals surface area contributed by atoms with Crippen LogP contribution >= 0.6 is 11.8 Å². The standard InChI is InChI=1S/C12H17N3OS/c1-9-5-6-17-12(15-9)14-8-10-3-4-11(16-2)13-7-10/h3-4,7,9H,5-6,8H2,1-2H3,(H,14,15). The van der Waals surface area contributed by atoms with Crippen LogP contribution in [0.1, 0.15) is 18.9 Å². The molecular formula is C12H17N3OS. The van der Waals surface area contributed by atoms with Gasteiger partial charge in [0.1, 0.15) is 0 Å². The number of ether oxygens (including phenoxy) is 1. The van der Waals surface area contributed by atoms with E-state index in [-0.39, 0.29) is 0 Å². The summed E-state index contributed by atoms with van der Waals surface area (Å²) < 4.78 is 5.01. The first-order valence-corrected chi connectivity index (χ1v) is 6.69. The molecule has 0 saturated carbocycles. The van der Waals surface area contributed by atoms with Crippen molar-refractivity contribution < 1.29 is 4.74 Å². The van der Waals surface area contributed by atoms with Crippen LogP contribution in [0.15, 0.2) is 23.3 Å². The number of rotatable bonds is 3. The lowest BCUT2D eigenvalue weighted by atomic mass is 10.3. The molecule has 1 atom stereocenters. The topological polar surface area (TPSA) is 46.5 Å². The van der Waals surface area contributed by atoms with Crippen LogP contribution in [0, 0.1) is 0 Å². The summed E-state index contributed by atoms with van der Waals surface area (Å²) in [5.41, 5.74) is 1.10. The highest BCUT2D eigenvalue weighted by Crippen LogP contribution is 2.14. The summed E-state index contributed by atoms with van der Waals surface area (Å²) in [6.45, 7) is 2.85. The first-order chi connectivity index (χ1) is 8.28. The summed E-state index contributed by atoms with van der Waals surface area (Å²) in [6.07, 6.45) is 3.01. The third-order valence-corrected chi connectivity index (χ3v) is 3.53. The van der Waals surface area contributed by atoms with E-state index >= 15 is 0 Å². The van der Waals surface area contributed by atoms with Crippen molar-refractivity contribution in [2.24, 2.45) is 4.99 Å². The molecule has 0 aromatic carbocycles. The van der Waals surface area contributed by atoms with E-state index < -0.39 is 0 Å². The van der Waals surface area contributed by atoms with Gasteiger partial charge in [0.2, 0.25) is 5.88 Å². The van der Waals surface area contributed by atoms with E-state index in [1.807, 2.05) is 12.1 Å². The first kappa shape index (κ1) is 12.2. The van der Waals surface area contributed by atoms with E-state index in [1.165, 1.54) is 6.42 Å². The molecule has 4 nitrogen and oxygen atoms in total. The van der Waals surface area contributed by atoms with Crippen LogP contribution in [-0.4, -0.2) is 29.1 Å². The number of thioether (sulfide) groups is 1. The fraction of sp³-hybridized carbons (Fsp3) is 0.500. The minimum atomic E-state index is 0.531. The van der Waals surface area contributed by atoms with E-state index in [9.17, 15) is 0 Å². The Morgan fingerprint density at radius 3 is 3.12 bits per heavy atom. The zero-order valence-corrected chi connectivity index (χ0v) is 11.0. The van der Waals surface area contributed by atoms with Gasteiger partial charge in [-0.25, -0.2) is 4.98 Å². The summed E-state index contributed by atoms with van der Waals surface area (Å²) in [5.74, 6) is 1.79. The molecule has 0 amide bonds. The fourth-order valence-corrected chi connectivity index (χ4v) is 2.64. The zero-order valence-electron chi connectivity index (χ0n) is 10.1. The first-order valence-electron chi connectivity index (χ1n) is 5.70. The molecule has 0 aliphatic carbocycles. The maximum Gasteiger partial charge on any atom is 0.212 e. The number of nitrogens with one attached hydrogen (secondary N) is 1. The van der Waals surface area contributed by atoms with E-state index in [2.05, 4.69) is 22.2 Å². The average Bonchev–Trinajstić information content (AvgIpc) is 2.37. The van der Waals surface area contributed by atoms with Gasteiger partial charge in [-0.3, -0.25) is 4.99 Å². The third-order valence-electron chi connectivity index (χ3n) is 2.57. The van der Waals surface area contributed by atoms with E-state index in [1.54, 1.807) is 25.1 Å². The number of amidine groups is 1. The molecule has 1 fully saturated rings. The van der Waals surface area contributed by atoms with Gasteiger partial charge in [0.05, 0.1) is 13.7 Å². The second kappa shape index (κ2) is 5.91. The highest BCUT2D eigenvalue weighted by molar-refractivity contribution is 8.13. The molecular weight excluding hydrogens is 234 g/mol. The molecule has 1 unspecified atom stereocenters. The minimum absolute atomic E-state index is 0.531. The maximum absolute atomic E-state index is 5.01. The number of pyridine rings is 1. The van der Waals surface area contributed by atoms with E-state index in [0.717, 1.165) is 16.5 Å². The number of methoxy groups -OCH3 is 1. The summed E-state index contributed by atoms with van der Waals surface area (Å²) in [6, 6.07) is 4.39. The number of hydrogen-bond acceptors (Lipinski definition) is 4. The van der Waals surface area contributed by atoms with Gasteiger partial charge in [0.25, 0.3) is 0 Å². The van der Waals surface area contributed by atoms with Gasteiger partial charge in [0, 0.05) is 24.1 Å². The predicted octanol–water partition coefficient (Wildman–Crippen LogP) is 2.06. The van der Waals surface area contributed by atoms with Crippen LogP contribution in [0.25, 0.3) is 0 Å². The Morgan fingerprint density at radius 1 is 1.59 bits per heavy atom. The van der Waals surface area contributed by atoms with Gasteiger partial charge < -0.3 is 10.1 Å². The highest BCUT2D eigenvalue weighted by Gasteiger charge is 2.12. The van der Waals surface area contributed by atoms with Crippen LogP contribution in [0.3, 0.4) is 0 Å². The lowest BCUT2D eigenvalue weighted by Crippen LogP contribution is -2.35. The molecule has 1 aliphatic heterocycles. The summed E-state index contributed by atoms with van der Waals surface area (Å²) in [4.78, 5) is 8.70. The molecule has 1 N–H and O–H groups in total. The van der Waals surface area contributed by atoms with Crippen molar-refractivity contribution in [3.05, 3.63) is 23.9 Å². The number of aliphatic imine (C=N–C) groups is 1. The lowest BCUT2D eigenvalue weighted by Gasteiger charge is -2.21. The Morgan fingerprint density at radius 2 is 2.47 bits per heavy atom. The molecule has 17 heavy (non-hydrogen) atoms. The van der Waals surface area contributed by atoms with Crippen molar-refractivity contribution in [2.45, 2.75) is 25.9 Å². The largest absolute Gasteiger partial charge is 0.481 e. The molecule has 0 spiro atoms. The molecule has 5 heteroatoms. The normalized spacial score (nSPS) is 22.2. The smallest absolute Gasteiger partial charge is 0.212 e. The van der Waals surface area contributed by atoms with Gasteiger partial charge in [-0.2, -0.15) is 0 Å². The Hall–Kier alpha value is -1.23. The Kier molecular flexibility index (Phi) is 4.25. The van der Waals surface area contributed by atoms with Crippen LogP contribution < -0.4 is 10.1 Å². The van der Waals surface area contributed by atoms with Crippen molar-refractivity contribution in [3.8, 4) is 5.88 Å². The van der Waals surface area contributed by atoms with Crippen molar-refractivity contribution >= 4 is 16.9 Å². The fourth-order valence-electron chi connectivity index (χ4n) is 1.54. The molecule has 1 saturated heterocycles. The van der Waals surface area contributed by atoms with Crippen LogP contribution in [0.5, 0.6) is 5.88 Å². The quantitative estimate of drug-likeness (QED) is 0.893. The lowest BCUT2D eigenvalue weighted by molar-refractivity contribution is 0.397. The van der Waals surface area contributed by atoms with Crippen molar-refractivity contribution in [3.63, 3.8) is 0 Å². The Bertz CT molecular complexity index is 391. The monoisotopic (exact) mass is 251 g/mol. The predicted molar refractivity (Wildman–Crippen MR) is 71.6 cm³/mol. The van der Waals surface area contributed by atoms with Crippen LogP contribution in [-0.2, 0) is 6.54 Å². The van der Waals surface area contributed by atoms with E-state index in [4.69, 9.17) is 4.74 Å². The van der Waals surface area contributed by atoms with Gasteiger partial charge >= 0.3 is 0 Å². The second-order valence-corrected chi connectivity index (χ2v) is 5.10. The molecule has 1 aliphatic rings. The molecule has 2 rings (SSSR count). The SMILES string of the molecule is COc1ccc(CN=C2NC(C)CCS2)cn1. The minimum Gasteiger partial charge on any atom is -0.481 e. The molecule has 0 radical (unpaired) electrons. The zero-order chi connectivity index (χ0) is 12.1. The molecule has 1 aromatic heterocycles. The van der Waals surface area contributed by atoms with Gasteiger partial charge in [-0.15, -0.1) is 0 Å². The highest BCUT2D eigenvalue weighted by atomic mass is 32.2. The van der Waals surface area contributed by atoms with Gasteiger partial charge in [-0.05, 0) is 18.9 Å². The maximum atomic E-state index is 5.01. The van der Waals surface area contributed by atoms with E-state index in [0.29, 0.717) is 18.5 Å². The number of nitrogens with zero attached hydrogens (tertiary/aromatic N) is 2. The van der Waals surface area contributed by atoms with Crippen LogP contribution in [0.2, 0.25) is 0 Å². The second-order valence-electron chi connectivity index (χ2n) is 4.01. The summed E-state index contributed by atoms with van der Waals surface area (Å²) in [5, 5.41) is 4.42. The van der Waals surface area contributed by atoms with Gasteiger partial charge in [0.15, 0.2) is 5.17 Å². The van der Waals surface area contributed by atoms with Crippen molar-refractivity contribution in [1.29, 1.82) is 0 Å². The van der Waals surface area contributed by atoms with Crippen LogP contribution in [0.4, 0.5) is 0 Å². The van der Waals surface area contributed by atoms with Gasteiger partial charge in [-0.1, -0.05) is 17.8 Å². The average molecular weight is 251 g/mol. The number of aromatic nitrogens is 1. The third kappa shape index (κ3) is 3.63. The molecule has 92 valence electrons. The van der Waals surface area contributed by atoms with Crippen molar-refractivity contribution in [2.75, 3.05) is 12.9 Å². The van der Waals surface area contributed by atoms with Crippen molar-refractivity contribution in [1.82, 2.24) is 10.3 Å². The Balaban J connectivity index is 1.93. The molecule has 1 aromatic rings. The molecule has 2 heterocycles. The summed E-state index contributed by atoms with van der Waals surface area (Å²) >= 11 is 1.79.